The number of ketones is 1. The number of nitrogens with zero attached hydrogens (tertiary/aromatic N) is 6. The van der Waals surface area contributed by atoms with Crippen LogP contribution >= 0.6 is 23.4 Å². The minimum Gasteiger partial charge on any atom is -0.472 e. The van der Waals surface area contributed by atoms with E-state index in [0.717, 1.165) is 23.7 Å². The van der Waals surface area contributed by atoms with Gasteiger partial charge in [-0.3, -0.25) is 29.3 Å². The van der Waals surface area contributed by atoms with Crippen LogP contribution in [0.15, 0.2) is 42.7 Å². The molecule has 0 radical (unpaired) electrons. The summed E-state index contributed by atoms with van der Waals surface area (Å²) in [7, 11) is 0. The third kappa shape index (κ3) is 12.2. The number of aryl methyl sites for hydroxylation is 1. The molecule has 3 rings (SSSR count). The molecule has 0 saturated carbocycles. The van der Waals surface area contributed by atoms with Crippen LogP contribution in [0.3, 0.4) is 0 Å². The summed E-state index contributed by atoms with van der Waals surface area (Å²) in [6.07, 6.45) is 2.25. The fraction of sp³-hybridized carbons (Fsp3) is 0.452. The first-order chi connectivity index (χ1) is 22.6. The molecule has 260 valence electrons. The maximum atomic E-state index is 13.3. The van der Waals surface area contributed by atoms with Crippen LogP contribution in [0, 0.1) is 22.5 Å². The molecule has 0 bridgehead atoms. The number of nitrogens with one attached hydrogen (secondary N) is 1. The van der Waals surface area contributed by atoms with Gasteiger partial charge in [0.25, 0.3) is 16.8 Å². The maximum absolute atomic E-state index is 13.3. The van der Waals surface area contributed by atoms with Crippen molar-refractivity contribution in [3.63, 3.8) is 0 Å². The molecule has 1 heterocycles. The van der Waals surface area contributed by atoms with E-state index >= 15 is 0 Å². The van der Waals surface area contributed by atoms with Gasteiger partial charge in [0, 0.05) is 29.7 Å². The molecule has 48 heavy (non-hydrogen) atoms. The van der Waals surface area contributed by atoms with Gasteiger partial charge in [-0.15, -0.1) is 5.10 Å². The highest BCUT2D eigenvalue weighted by molar-refractivity contribution is 8.12. The number of non-ortho nitro benzene ring substituents is 1. The van der Waals surface area contributed by atoms with E-state index in [1.54, 1.807) is 52.1 Å². The predicted molar refractivity (Wildman–Crippen MR) is 181 cm³/mol. The average Bonchev–Trinajstić information content (AvgIpc) is 3.55. The number of nitro groups is 1. The second kappa shape index (κ2) is 18.7. The molecule has 0 saturated heterocycles. The smallest absolute Gasteiger partial charge is 0.327 e. The number of halogens is 1. The zero-order valence-electron chi connectivity index (χ0n) is 27.9. The molecule has 0 fully saturated rings. The molecule has 0 spiro atoms. The minimum absolute atomic E-state index is 0.00502. The molecule has 1 atom stereocenters. The summed E-state index contributed by atoms with van der Waals surface area (Å²) in [5, 5.41) is 24.4. The lowest BCUT2D eigenvalue weighted by atomic mass is 9.87. The van der Waals surface area contributed by atoms with Crippen molar-refractivity contribution < 1.29 is 33.6 Å². The van der Waals surface area contributed by atoms with Crippen molar-refractivity contribution in [2.45, 2.75) is 67.2 Å². The van der Waals surface area contributed by atoms with Crippen LogP contribution in [-0.2, 0) is 32.2 Å². The highest BCUT2D eigenvalue weighted by Gasteiger charge is 2.37. The fourth-order valence-electron chi connectivity index (χ4n) is 3.88. The van der Waals surface area contributed by atoms with Gasteiger partial charge in [0.05, 0.1) is 28.8 Å². The Balaban J connectivity index is 0.000000558. The molecule has 1 aromatic heterocycles. The fourth-order valence-corrected chi connectivity index (χ4v) is 4.50. The standard InChI is InChI=1S/C25H30ClN3O6S.C6H10N4O2/c1-7-28(24(32)36-6)14-16-13-17(29(33)34)9-11-20(16)35-21(22(30)25(3,4)5)23(31)27-19-12-15(2)8-10-18(19)26;1-2-3-12-6(11)4-10-5-7-8-9-10/h8-13,21H,7,14H2,1-6H3,(H,27,31);5H,2-4H2,1H3. The number of rotatable bonds is 13. The van der Waals surface area contributed by atoms with Crippen LogP contribution < -0.4 is 10.1 Å². The van der Waals surface area contributed by atoms with Crippen molar-refractivity contribution in [1.29, 1.82) is 0 Å². The Labute approximate surface area is 287 Å². The number of ether oxygens (including phenoxy) is 2. The van der Waals surface area contributed by atoms with Gasteiger partial charge in [-0.2, -0.15) is 0 Å². The molecule has 17 heteroatoms. The Kier molecular flexibility index (Phi) is 15.4. The zero-order valence-corrected chi connectivity index (χ0v) is 29.5. The van der Waals surface area contributed by atoms with Crippen LogP contribution in [0.1, 0.15) is 52.2 Å². The van der Waals surface area contributed by atoms with E-state index in [-0.39, 0.29) is 35.7 Å². The second-order valence-electron chi connectivity index (χ2n) is 11.3. The Hall–Kier alpha value is -4.57. The van der Waals surface area contributed by atoms with E-state index in [0.29, 0.717) is 29.4 Å². The first kappa shape index (κ1) is 39.6. The van der Waals surface area contributed by atoms with E-state index in [9.17, 15) is 29.3 Å². The highest BCUT2D eigenvalue weighted by atomic mass is 35.5. The van der Waals surface area contributed by atoms with Crippen LogP contribution in [-0.4, -0.2) is 78.4 Å². The first-order valence-electron chi connectivity index (χ1n) is 14.9. The third-order valence-electron chi connectivity index (χ3n) is 6.42. The Morgan fingerprint density at radius 3 is 2.42 bits per heavy atom. The van der Waals surface area contributed by atoms with E-state index in [1.165, 1.54) is 34.1 Å². The number of aromatic nitrogens is 4. The number of carbonyl (C=O) groups excluding carboxylic acids is 4. The maximum Gasteiger partial charge on any atom is 0.327 e. The number of nitro benzene ring substituents is 1. The van der Waals surface area contributed by atoms with Crippen molar-refractivity contribution in [2.75, 3.05) is 24.7 Å². The summed E-state index contributed by atoms with van der Waals surface area (Å²) < 4.78 is 12.1. The molecular weight excluding hydrogens is 666 g/mol. The largest absolute Gasteiger partial charge is 0.472 e. The summed E-state index contributed by atoms with van der Waals surface area (Å²) in [4.78, 5) is 62.1. The molecule has 0 aliphatic heterocycles. The minimum atomic E-state index is -1.58. The average molecular weight is 706 g/mol. The van der Waals surface area contributed by atoms with Gasteiger partial charge >= 0.3 is 5.97 Å². The number of tetrazole rings is 1. The van der Waals surface area contributed by atoms with Crippen molar-refractivity contribution in [1.82, 2.24) is 25.1 Å². The van der Waals surface area contributed by atoms with Gasteiger partial charge in [-0.25, -0.2) is 4.68 Å². The van der Waals surface area contributed by atoms with Crippen LogP contribution in [0.2, 0.25) is 5.02 Å². The van der Waals surface area contributed by atoms with Gasteiger partial charge in [-0.1, -0.05) is 57.1 Å². The van der Waals surface area contributed by atoms with E-state index in [4.69, 9.17) is 21.1 Å². The van der Waals surface area contributed by atoms with Crippen molar-refractivity contribution >= 4 is 57.6 Å². The highest BCUT2D eigenvalue weighted by Crippen LogP contribution is 2.30. The number of esters is 1. The zero-order chi connectivity index (χ0) is 36.0. The summed E-state index contributed by atoms with van der Waals surface area (Å²) in [6.45, 7) is 11.4. The lowest BCUT2D eigenvalue weighted by Gasteiger charge is -2.27. The second-order valence-corrected chi connectivity index (χ2v) is 12.5. The van der Waals surface area contributed by atoms with E-state index in [1.807, 2.05) is 13.8 Å². The summed E-state index contributed by atoms with van der Waals surface area (Å²) in [5.41, 5.74) is 0.318. The van der Waals surface area contributed by atoms with Crippen LogP contribution in [0.5, 0.6) is 5.75 Å². The topological polar surface area (TPSA) is 189 Å². The van der Waals surface area contributed by atoms with Crippen molar-refractivity contribution in [2.24, 2.45) is 5.41 Å². The quantitative estimate of drug-likeness (QED) is 0.102. The number of thioether (sulfide) groups is 1. The Morgan fingerprint density at radius 2 is 1.85 bits per heavy atom. The SMILES string of the molecule is CCCOC(=O)Cn1cnnn1.CCN(Cc1cc([N+](=O)[O-])ccc1OC(C(=O)Nc1cc(C)ccc1Cl)C(=O)C(C)(C)C)C(=O)SC. The van der Waals surface area contributed by atoms with Crippen molar-refractivity contribution in [3.05, 3.63) is 69.0 Å². The van der Waals surface area contributed by atoms with Gasteiger partial charge < -0.3 is 19.7 Å². The van der Waals surface area contributed by atoms with Crippen LogP contribution in [0.25, 0.3) is 0 Å². The molecule has 0 aliphatic rings. The van der Waals surface area contributed by atoms with Gasteiger partial charge in [0.1, 0.15) is 18.6 Å². The monoisotopic (exact) mass is 705 g/mol. The molecular formula is C31H40ClN7O8S. The number of Topliss-reactive ketones (excluding diaryl/α,β-unsaturated/α-hetero) is 1. The molecule has 15 nitrogen and oxygen atoms in total. The van der Waals surface area contributed by atoms with Crippen molar-refractivity contribution in [3.8, 4) is 5.75 Å². The molecule has 2 amide bonds. The van der Waals surface area contributed by atoms with E-state index in [2.05, 4.69) is 20.8 Å². The Morgan fingerprint density at radius 1 is 1.15 bits per heavy atom. The van der Waals surface area contributed by atoms with E-state index < -0.39 is 28.1 Å². The molecule has 2 aromatic carbocycles. The molecule has 1 unspecified atom stereocenters. The normalized spacial score (nSPS) is 11.4. The van der Waals surface area contributed by atoms with Gasteiger partial charge in [0.15, 0.2) is 5.78 Å². The summed E-state index contributed by atoms with van der Waals surface area (Å²) >= 11 is 7.23. The number of hydrogen-bond acceptors (Lipinski definition) is 12. The van der Waals surface area contributed by atoms with Gasteiger partial charge in [0.2, 0.25) is 6.10 Å². The van der Waals surface area contributed by atoms with Crippen LogP contribution in [0.4, 0.5) is 16.2 Å². The lowest BCUT2D eigenvalue weighted by Crippen LogP contribution is -2.45. The number of benzene rings is 2. The molecule has 0 aliphatic carbocycles. The molecule has 3 aromatic rings. The Bertz CT molecular complexity index is 1580. The first-order valence-corrected chi connectivity index (χ1v) is 16.5. The number of carbonyl (C=O) groups is 4. The number of hydrogen-bond donors (Lipinski definition) is 1. The third-order valence-corrected chi connectivity index (χ3v) is 7.36. The number of amides is 2. The summed E-state index contributed by atoms with van der Waals surface area (Å²) in [5.74, 6) is -1.47. The molecule has 1 N–H and O–H groups in total. The van der Waals surface area contributed by atoms with Gasteiger partial charge in [-0.05, 0) is 60.7 Å². The number of anilines is 1. The lowest BCUT2D eigenvalue weighted by molar-refractivity contribution is -0.385. The summed E-state index contributed by atoms with van der Waals surface area (Å²) in [6, 6.07) is 8.92. The predicted octanol–water partition coefficient (Wildman–Crippen LogP) is 5.49.